The maximum Gasteiger partial charge on any atom is 0.308 e. The number of hydrogen-bond donors (Lipinski definition) is 1. The van der Waals surface area contributed by atoms with E-state index in [0.717, 1.165) is 5.56 Å². The topological polar surface area (TPSA) is 66.8 Å². The minimum absolute atomic E-state index is 0.00369. The summed E-state index contributed by atoms with van der Waals surface area (Å²) < 4.78 is 18.0. The van der Waals surface area contributed by atoms with E-state index in [9.17, 15) is 19.1 Å². The number of aryl methyl sites for hydroxylation is 1. The van der Waals surface area contributed by atoms with Crippen molar-refractivity contribution < 1.29 is 23.8 Å². The number of benzene rings is 1. The van der Waals surface area contributed by atoms with Crippen LogP contribution in [0.25, 0.3) is 0 Å². The molecule has 1 atom stereocenters. The number of fused-ring (bicyclic) bond motifs is 1. The van der Waals surface area contributed by atoms with Crippen molar-refractivity contribution in [2.24, 2.45) is 0 Å². The number of anilines is 1. The molecule has 5 nitrogen and oxygen atoms in total. The molecule has 2 rings (SSSR count). The highest BCUT2D eigenvalue weighted by Gasteiger charge is 2.27. The first-order valence-corrected chi connectivity index (χ1v) is 6.93. The number of carbonyl (C=O) groups excluding carboxylic acids is 2. The second-order valence-corrected chi connectivity index (χ2v) is 4.94. The number of ether oxygens (including phenoxy) is 1. The predicted octanol–water partition coefficient (Wildman–Crippen LogP) is 1.42. The Bertz CT molecular complexity index is 546. The molecule has 0 aliphatic carbocycles. The van der Waals surface area contributed by atoms with Crippen LogP contribution in [0.4, 0.5) is 10.1 Å². The lowest BCUT2D eigenvalue weighted by Crippen LogP contribution is -2.41. The summed E-state index contributed by atoms with van der Waals surface area (Å²) in [4.78, 5) is 24.7. The number of aliphatic hydroxyl groups excluding tert-OH is 1. The van der Waals surface area contributed by atoms with Crippen LogP contribution in [0.3, 0.4) is 0 Å². The van der Waals surface area contributed by atoms with Crippen LogP contribution < -0.4 is 4.90 Å². The number of rotatable bonds is 5. The highest BCUT2D eigenvalue weighted by Crippen LogP contribution is 2.28. The second kappa shape index (κ2) is 6.67. The van der Waals surface area contributed by atoms with Crippen LogP contribution in [0, 0.1) is 5.82 Å². The van der Waals surface area contributed by atoms with E-state index in [0.29, 0.717) is 12.1 Å². The van der Waals surface area contributed by atoms with Crippen molar-refractivity contribution in [3.05, 3.63) is 29.6 Å². The zero-order chi connectivity index (χ0) is 15.4. The molecule has 1 unspecified atom stereocenters. The van der Waals surface area contributed by atoms with E-state index < -0.39 is 12.1 Å². The molecule has 1 aliphatic heterocycles. The molecule has 0 aromatic heterocycles. The molecule has 1 aromatic carbocycles. The van der Waals surface area contributed by atoms with Gasteiger partial charge in [-0.3, -0.25) is 9.59 Å². The molecule has 6 heteroatoms. The maximum atomic E-state index is 13.2. The third kappa shape index (κ3) is 3.78. The Balaban J connectivity index is 2.09. The van der Waals surface area contributed by atoms with Gasteiger partial charge < -0.3 is 14.7 Å². The molecule has 0 fully saturated rings. The predicted molar refractivity (Wildman–Crippen MR) is 74.3 cm³/mol. The van der Waals surface area contributed by atoms with Crippen molar-refractivity contribution in [2.45, 2.75) is 32.3 Å². The maximum absolute atomic E-state index is 13.2. The lowest BCUT2D eigenvalue weighted by atomic mass is 10.0. The third-order valence-corrected chi connectivity index (χ3v) is 3.34. The van der Waals surface area contributed by atoms with Crippen molar-refractivity contribution in [2.75, 3.05) is 18.1 Å². The van der Waals surface area contributed by atoms with Crippen molar-refractivity contribution in [1.29, 1.82) is 0 Å². The Morgan fingerprint density at radius 3 is 2.95 bits per heavy atom. The molecule has 1 heterocycles. The molecular weight excluding hydrogens is 277 g/mol. The molecule has 0 saturated carbocycles. The van der Waals surface area contributed by atoms with Gasteiger partial charge in [-0.1, -0.05) is 0 Å². The van der Waals surface area contributed by atoms with Gasteiger partial charge in [-0.15, -0.1) is 0 Å². The van der Waals surface area contributed by atoms with Crippen LogP contribution in [0.5, 0.6) is 0 Å². The van der Waals surface area contributed by atoms with Gasteiger partial charge in [0, 0.05) is 12.1 Å². The summed E-state index contributed by atoms with van der Waals surface area (Å²) in [5, 5.41) is 9.93. The summed E-state index contributed by atoms with van der Waals surface area (Å²) in [6, 6.07) is 4.20. The molecule has 114 valence electrons. The number of hydrogen-bond acceptors (Lipinski definition) is 4. The van der Waals surface area contributed by atoms with Crippen molar-refractivity contribution in [3.63, 3.8) is 0 Å². The average Bonchev–Trinajstić information content (AvgIpc) is 2.42. The van der Waals surface area contributed by atoms with Crippen LogP contribution in [0.1, 0.15) is 25.3 Å². The number of aliphatic hydroxyl groups is 1. The second-order valence-electron chi connectivity index (χ2n) is 4.94. The third-order valence-electron chi connectivity index (χ3n) is 3.34. The van der Waals surface area contributed by atoms with Crippen LogP contribution >= 0.6 is 0 Å². The zero-order valence-corrected chi connectivity index (χ0v) is 11.8. The number of esters is 1. The summed E-state index contributed by atoms with van der Waals surface area (Å²) in [7, 11) is 0. The summed E-state index contributed by atoms with van der Waals surface area (Å²) in [5.74, 6) is -0.999. The Labute approximate surface area is 122 Å². The molecule has 1 amide bonds. The molecule has 1 N–H and O–H groups in total. The zero-order valence-electron chi connectivity index (χ0n) is 11.8. The van der Waals surface area contributed by atoms with Gasteiger partial charge in [-0.05, 0) is 37.1 Å². The molecule has 0 bridgehead atoms. The van der Waals surface area contributed by atoms with E-state index in [4.69, 9.17) is 4.74 Å². The molecule has 1 aromatic rings. The fourth-order valence-corrected chi connectivity index (χ4v) is 2.42. The van der Waals surface area contributed by atoms with E-state index >= 15 is 0 Å². The van der Waals surface area contributed by atoms with Gasteiger partial charge in [0.05, 0.1) is 25.7 Å². The molecular formula is C15H18FNO4. The van der Waals surface area contributed by atoms with Gasteiger partial charge in [0.25, 0.3) is 0 Å². The summed E-state index contributed by atoms with van der Waals surface area (Å²) in [6.45, 7) is 1.93. The van der Waals surface area contributed by atoms with E-state index in [-0.39, 0.29) is 37.7 Å². The first-order chi connectivity index (χ1) is 10.0. The largest absolute Gasteiger partial charge is 0.466 e. The number of β-amino-alcohol motifs (C(OH)–C–C–N with tert-alkyl or cyclic N) is 1. The lowest BCUT2D eigenvalue weighted by molar-refractivity contribution is -0.145. The molecule has 1 aliphatic rings. The minimum atomic E-state index is -1.01. The van der Waals surface area contributed by atoms with Gasteiger partial charge in [0.2, 0.25) is 5.91 Å². The number of carbonyl (C=O) groups is 2. The van der Waals surface area contributed by atoms with Crippen molar-refractivity contribution >= 4 is 17.6 Å². The molecule has 21 heavy (non-hydrogen) atoms. The van der Waals surface area contributed by atoms with Crippen LogP contribution in [-0.2, 0) is 20.7 Å². The van der Waals surface area contributed by atoms with Gasteiger partial charge in [0.15, 0.2) is 0 Å². The fraction of sp³-hybridized carbons (Fsp3) is 0.467. The summed E-state index contributed by atoms with van der Waals surface area (Å²) in [6.07, 6.45) is -0.434. The van der Waals surface area contributed by atoms with Crippen LogP contribution in [0.2, 0.25) is 0 Å². The SMILES string of the molecule is CCOC(=O)CC(O)CN1C(=O)CCc2cc(F)ccc21. The van der Waals surface area contributed by atoms with E-state index in [1.54, 1.807) is 6.92 Å². The van der Waals surface area contributed by atoms with Gasteiger partial charge in [-0.2, -0.15) is 0 Å². The Morgan fingerprint density at radius 1 is 1.48 bits per heavy atom. The van der Waals surface area contributed by atoms with E-state index in [1.807, 2.05) is 0 Å². The molecule has 0 saturated heterocycles. The van der Waals surface area contributed by atoms with Gasteiger partial charge in [-0.25, -0.2) is 4.39 Å². The van der Waals surface area contributed by atoms with Gasteiger partial charge >= 0.3 is 5.97 Å². The highest BCUT2D eigenvalue weighted by atomic mass is 19.1. The van der Waals surface area contributed by atoms with Crippen molar-refractivity contribution in [3.8, 4) is 0 Å². The lowest BCUT2D eigenvalue weighted by Gasteiger charge is -2.30. The fourth-order valence-electron chi connectivity index (χ4n) is 2.42. The van der Waals surface area contributed by atoms with Crippen molar-refractivity contribution in [1.82, 2.24) is 0 Å². The monoisotopic (exact) mass is 295 g/mol. The Kier molecular flexibility index (Phi) is 4.90. The highest BCUT2D eigenvalue weighted by molar-refractivity contribution is 5.96. The van der Waals surface area contributed by atoms with Gasteiger partial charge in [0.1, 0.15) is 5.82 Å². The summed E-state index contributed by atoms with van der Waals surface area (Å²) in [5.41, 5.74) is 1.33. The van der Waals surface area contributed by atoms with E-state index in [1.165, 1.54) is 23.1 Å². The van der Waals surface area contributed by atoms with Crippen LogP contribution in [0.15, 0.2) is 18.2 Å². The number of halogens is 1. The van der Waals surface area contributed by atoms with Crippen LogP contribution in [-0.4, -0.2) is 36.2 Å². The number of amides is 1. The first-order valence-electron chi connectivity index (χ1n) is 6.93. The first kappa shape index (κ1) is 15.4. The standard InChI is InChI=1S/C15H18FNO4/c1-2-21-15(20)8-12(18)9-17-13-5-4-11(16)7-10(13)3-6-14(17)19/h4-5,7,12,18H,2-3,6,8-9H2,1H3. The quantitative estimate of drug-likeness (QED) is 0.834. The summed E-state index contributed by atoms with van der Waals surface area (Å²) >= 11 is 0. The number of nitrogens with zero attached hydrogens (tertiary/aromatic N) is 1. The molecule has 0 spiro atoms. The molecule has 0 radical (unpaired) electrons. The smallest absolute Gasteiger partial charge is 0.308 e. The minimum Gasteiger partial charge on any atom is -0.466 e. The normalized spacial score (nSPS) is 15.6. The Hall–Kier alpha value is -1.95. The average molecular weight is 295 g/mol. The van der Waals surface area contributed by atoms with E-state index in [2.05, 4.69) is 0 Å². The Morgan fingerprint density at radius 2 is 2.24 bits per heavy atom.